The van der Waals surface area contributed by atoms with E-state index in [4.69, 9.17) is 4.74 Å². The molecule has 1 heterocycles. The number of hydrogen-bond donors (Lipinski definition) is 2. The number of aromatic amines is 1. The quantitative estimate of drug-likeness (QED) is 0.770. The van der Waals surface area contributed by atoms with Crippen molar-refractivity contribution in [1.82, 2.24) is 10.3 Å². The summed E-state index contributed by atoms with van der Waals surface area (Å²) < 4.78 is 5.90. The average Bonchev–Trinajstić information content (AvgIpc) is 2.96. The third kappa shape index (κ3) is 6.27. The van der Waals surface area contributed by atoms with Crippen molar-refractivity contribution in [3.63, 3.8) is 0 Å². The number of amides is 1. The molecule has 144 valence electrons. The van der Waals surface area contributed by atoms with Gasteiger partial charge in [0.25, 0.3) is 5.91 Å². The van der Waals surface area contributed by atoms with Gasteiger partial charge in [-0.1, -0.05) is 24.3 Å². The van der Waals surface area contributed by atoms with Crippen molar-refractivity contribution in [1.29, 1.82) is 0 Å². The lowest BCUT2D eigenvalue weighted by molar-refractivity contribution is 0.0939. The number of carbonyl (C=O) groups excluding carboxylic acids is 1. The summed E-state index contributed by atoms with van der Waals surface area (Å²) in [5.41, 5.74) is 0.166. The van der Waals surface area contributed by atoms with Gasteiger partial charge in [-0.15, -0.1) is 0 Å². The first kappa shape index (κ1) is 19.2. The van der Waals surface area contributed by atoms with Gasteiger partial charge in [0.05, 0.1) is 12.4 Å². The second-order valence-electron chi connectivity index (χ2n) is 7.33. The van der Waals surface area contributed by atoms with Crippen molar-refractivity contribution in [2.45, 2.75) is 38.5 Å². The lowest BCUT2D eigenvalue weighted by atomic mass is 9.80. The Morgan fingerprint density at radius 2 is 1.96 bits per heavy atom. The molecule has 0 unspecified atom stereocenters. The van der Waals surface area contributed by atoms with Crippen LogP contribution in [0.3, 0.4) is 0 Å². The molecule has 2 aliphatic rings. The monoisotopic (exact) mass is 368 g/mol. The predicted molar refractivity (Wildman–Crippen MR) is 106 cm³/mol. The van der Waals surface area contributed by atoms with E-state index in [0.717, 1.165) is 38.0 Å². The van der Waals surface area contributed by atoms with Crippen LogP contribution in [0.1, 0.15) is 48.9 Å². The number of H-pyrrole nitrogens is 1. The second kappa shape index (κ2) is 9.95. The number of hydrogen-bond acceptors (Lipinski definition) is 3. The van der Waals surface area contributed by atoms with E-state index in [2.05, 4.69) is 16.4 Å². The average molecular weight is 368 g/mol. The highest BCUT2D eigenvalue weighted by Gasteiger charge is 2.21. The summed E-state index contributed by atoms with van der Waals surface area (Å²) >= 11 is 0. The van der Waals surface area contributed by atoms with Gasteiger partial charge in [-0.3, -0.25) is 9.59 Å². The highest BCUT2D eigenvalue weighted by molar-refractivity contribution is 5.93. The third-order valence-corrected chi connectivity index (χ3v) is 5.33. The molecule has 3 rings (SSSR count). The zero-order valence-corrected chi connectivity index (χ0v) is 15.7. The zero-order chi connectivity index (χ0) is 18.9. The van der Waals surface area contributed by atoms with Gasteiger partial charge in [0, 0.05) is 30.8 Å². The Morgan fingerprint density at radius 3 is 2.78 bits per heavy atom. The summed E-state index contributed by atoms with van der Waals surface area (Å²) in [5, 5.41) is 2.97. The Labute approximate surface area is 160 Å². The van der Waals surface area contributed by atoms with Crippen LogP contribution in [0.4, 0.5) is 0 Å². The first-order valence-electron chi connectivity index (χ1n) is 9.83. The normalized spacial score (nSPS) is 22.0. The molecule has 1 fully saturated rings. The van der Waals surface area contributed by atoms with Crippen LogP contribution in [-0.4, -0.2) is 24.0 Å². The summed E-state index contributed by atoms with van der Waals surface area (Å²) in [4.78, 5) is 25.9. The summed E-state index contributed by atoms with van der Waals surface area (Å²) in [6, 6.07) is 2.96. The lowest BCUT2D eigenvalue weighted by Crippen LogP contribution is -2.32. The van der Waals surface area contributed by atoms with Gasteiger partial charge < -0.3 is 15.0 Å². The minimum atomic E-state index is -0.253. The van der Waals surface area contributed by atoms with E-state index in [1.165, 1.54) is 25.1 Å². The number of aromatic nitrogens is 1. The number of nitrogens with one attached hydrogen (secondary N) is 2. The molecule has 0 atom stereocenters. The number of allylic oxidation sites excluding steroid dienone is 5. The topological polar surface area (TPSA) is 71.2 Å². The Hall–Kier alpha value is -2.56. The van der Waals surface area contributed by atoms with Gasteiger partial charge in [-0.2, -0.15) is 0 Å². The maximum atomic E-state index is 12.1. The van der Waals surface area contributed by atoms with Gasteiger partial charge >= 0.3 is 0 Å². The number of carbonyl (C=O) groups is 1. The highest BCUT2D eigenvalue weighted by Crippen LogP contribution is 2.30. The standard InChI is InChI=1S/C22H28N2O3/c25-21-15-19(11-13-23-21)22(26)24-16-18-9-7-17(8-10-18)12-14-27-20-5-3-1-2-4-6-20/h1-5,11,13,15,17-18H,6-10,12,14,16H2,(H,23,25)(H,24,26). The van der Waals surface area contributed by atoms with Crippen molar-refractivity contribution in [2.24, 2.45) is 11.8 Å². The summed E-state index contributed by atoms with van der Waals surface area (Å²) in [5.74, 6) is 2.10. The van der Waals surface area contributed by atoms with Crippen LogP contribution in [0.25, 0.3) is 0 Å². The molecule has 5 heteroatoms. The molecule has 2 aliphatic carbocycles. The van der Waals surface area contributed by atoms with E-state index in [-0.39, 0.29) is 11.5 Å². The first-order chi connectivity index (χ1) is 13.2. The smallest absolute Gasteiger partial charge is 0.251 e. The minimum Gasteiger partial charge on any atom is -0.498 e. The Morgan fingerprint density at radius 1 is 1.15 bits per heavy atom. The highest BCUT2D eigenvalue weighted by atomic mass is 16.5. The van der Waals surface area contributed by atoms with E-state index in [9.17, 15) is 9.59 Å². The molecule has 1 aromatic rings. The predicted octanol–water partition coefficient (Wildman–Crippen LogP) is 3.72. The largest absolute Gasteiger partial charge is 0.498 e. The maximum Gasteiger partial charge on any atom is 0.251 e. The molecule has 0 aliphatic heterocycles. The Kier molecular flexibility index (Phi) is 7.08. The van der Waals surface area contributed by atoms with Gasteiger partial charge in [0.2, 0.25) is 5.56 Å². The first-order valence-corrected chi connectivity index (χ1v) is 9.83. The van der Waals surface area contributed by atoms with Crippen LogP contribution in [0.2, 0.25) is 0 Å². The molecule has 27 heavy (non-hydrogen) atoms. The lowest BCUT2D eigenvalue weighted by Gasteiger charge is -2.28. The molecule has 0 saturated heterocycles. The van der Waals surface area contributed by atoms with E-state index in [1.54, 1.807) is 6.07 Å². The van der Waals surface area contributed by atoms with Crippen LogP contribution in [0, 0.1) is 11.8 Å². The molecule has 0 bridgehead atoms. The SMILES string of the molecule is O=C(NCC1CCC(CCOC2=CC=CC=CC2)CC1)c1cc[nH]c(=O)c1. The van der Waals surface area contributed by atoms with E-state index >= 15 is 0 Å². The molecule has 1 saturated carbocycles. The van der Waals surface area contributed by atoms with Gasteiger partial charge in [0.15, 0.2) is 0 Å². The van der Waals surface area contributed by atoms with E-state index in [0.29, 0.717) is 23.9 Å². The molecule has 5 nitrogen and oxygen atoms in total. The number of pyridine rings is 1. The summed E-state index contributed by atoms with van der Waals surface area (Å²) in [6.07, 6.45) is 18.3. The molecule has 0 aromatic carbocycles. The molecular formula is C22H28N2O3. The fourth-order valence-corrected chi connectivity index (χ4v) is 3.67. The van der Waals surface area contributed by atoms with Gasteiger partial charge in [-0.05, 0) is 56.1 Å². The van der Waals surface area contributed by atoms with Crippen LogP contribution in [-0.2, 0) is 4.74 Å². The van der Waals surface area contributed by atoms with Crippen molar-refractivity contribution in [2.75, 3.05) is 13.2 Å². The molecule has 1 aromatic heterocycles. The van der Waals surface area contributed by atoms with Crippen LogP contribution >= 0.6 is 0 Å². The van der Waals surface area contributed by atoms with E-state index < -0.39 is 0 Å². The molecule has 2 N–H and O–H groups in total. The van der Waals surface area contributed by atoms with Crippen LogP contribution in [0.15, 0.2) is 59.3 Å². The number of ether oxygens (including phenoxy) is 1. The molecule has 1 amide bonds. The van der Waals surface area contributed by atoms with Gasteiger partial charge in [-0.25, -0.2) is 0 Å². The van der Waals surface area contributed by atoms with Crippen LogP contribution in [0.5, 0.6) is 0 Å². The fourth-order valence-electron chi connectivity index (χ4n) is 3.67. The zero-order valence-electron chi connectivity index (χ0n) is 15.7. The molecular weight excluding hydrogens is 340 g/mol. The third-order valence-electron chi connectivity index (χ3n) is 5.33. The van der Waals surface area contributed by atoms with Gasteiger partial charge in [0.1, 0.15) is 0 Å². The van der Waals surface area contributed by atoms with Crippen molar-refractivity contribution >= 4 is 5.91 Å². The fraction of sp³-hybridized carbons (Fsp3) is 0.455. The number of rotatable bonds is 7. The van der Waals surface area contributed by atoms with Crippen molar-refractivity contribution in [3.8, 4) is 0 Å². The summed E-state index contributed by atoms with van der Waals surface area (Å²) in [6.45, 7) is 1.46. The molecule has 0 spiro atoms. The maximum absolute atomic E-state index is 12.1. The van der Waals surface area contributed by atoms with Crippen LogP contribution < -0.4 is 10.9 Å². The van der Waals surface area contributed by atoms with Crippen molar-refractivity contribution < 1.29 is 9.53 Å². The Bertz CT molecular complexity index is 768. The summed E-state index contributed by atoms with van der Waals surface area (Å²) in [7, 11) is 0. The van der Waals surface area contributed by atoms with Crippen molar-refractivity contribution in [3.05, 3.63) is 70.4 Å². The molecule has 0 radical (unpaired) electrons. The second-order valence-corrected chi connectivity index (χ2v) is 7.33. The van der Waals surface area contributed by atoms with E-state index in [1.807, 2.05) is 24.3 Å². The minimum absolute atomic E-state index is 0.170. The Balaban J connectivity index is 1.32.